The highest BCUT2D eigenvalue weighted by Gasteiger charge is 2.24. The van der Waals surface area contributed by atoms with Gasteiger partial charge in [-0.2, -0.15) is 0 Å². The number of ketones is 1. The molecule has 0 amide bonds. The summed E-state index contributed by atoms with van der Waals surface area (Å²) in [7, 11) is -3.81. The Kier molecular flexibility index (Phi) is 3.21. The minimum absolute atomic E-state index is 0.163. The zero-order chi connectivity index (χ0) is 11.5. The first-order valence-corrected chi connectivity index (χ1v) is 5.88. The van der Waals surface area contributed by atoms with Crippen molar-refractivity contribution in [2.24, 2.45) is 5.16 Å². The van der Waals surface area contributed by atoms with Gasteiger partial charge in [-0.1, -0.05) is 35.5 Å². The molecule has 0 unspecified atom stereocenters. The molecule has 0 heterocycles. The molecule has 0 aliphatic rings. The lowest BCUT2D eigenvalue weighted by Gasteiger charge is -2.00. The molecule has 1 N–H and O–H groups in total. The van der Waals surface area contributed by atoms with Crippen molar-refractivity contribution in [1.29, 1.82) is 0 Å². The zero-order valence-corrected chi connectivity index (χ0v) is 8.73. The number of oxime groups is 1. The summed E-state index contributed by atoms with van der Waals surface area (Å²) < 4.78 is 22.1. The van der Waals surface area contributed by atoms with Gasteiger partial charge in [-0.25, -0.2) is 8.42 Å². The lowest BCUT2D eigenvalue weighted by Crippen LogP contribution is -2.23. The van der Waals surface area contributed by atoms with E-state index in [0.29, 0.717) is 0 Å². The third kappa shape index (κ3) is 2.63. The Hall–Kier alpha value is -1.69. The van der Waals surface area contributed by atoms with Crippen molar-refractivity contribution in [3.05, 3.63) is 35.9 Å². The monoisotopic (exact) mass is 227 g/mol. The van der Waals surface area contributed by atoms with Gasteiger partial charge in [-0.05, 0) is 0 Å². The van der Waals surface area contributed by atoms with Crippen LogP contribution in [0.4, 0.5) is 0 Å². The van der Waals surface area contributed by atoms with Crippen molar-refractivity contribution in [3.63, 3.8) is 0 Å². The van der Waals surface area contributed by atoms with E-state index in [4.69, 9.17) is 5.21 Å². The molecular weight excluding hydrogens is 218 g/mol. The normalized spacial score (nSPS) is 12.5. The highest BCUT2D eigenvalue weighted by Crippen LogP contribution is 2.04. The van der Waals surface area contributed by atoms with Crippen LogP contribution in [-0.2, 0) is 9.84 Å². The quantitative estimate of drug-likeness (QED) is 0.265. The Balaban J connectivity index is 3.17. The van der Waals surface area contributed by atoms with Gasteiger partial charge in [-0.3, -0.25) is 4.79 Å². The summed E-state index contributed by atoms with van der Waals surface area (Å²) >= 11 is 0. The first-order chi connectivity index (χ1) is 6.96. The van der Waals surface area contributed by atoms with Gasteiger partial charge in [0.25, 0.3) is 0 Å². The molecule has 6 heteroatoms. The van der Waals surface area contributed by atoms with Crippen molar-refractivity contribution < 1.29 is 18.4 Å². The van der Waals surface area contributed by atoms with Crippen LogP contribution in [-0.4, -0.2) is 30.7 Å². The number of rotatable bonds is 2. The molecular formula is C9H9NO4S. The highest BCUT2D eigenvalue weighted by molar-refractivity contribution is 8.07. The van der Waals surface area contributed by atoms with E-state index in [1.165, 1.54) is 12.1 Å². The maximum Gasteiger partial charge on any atom is 0.241 e. The maximum atomic E-state index is 11.6. The van der Waals surface area contributed by atoms with Crippen LogP contribution >= 0.6 is 0 Å². The Bertz CT molecular complexity index is 490. The van der Waals surface area contributed by atoms with E-state index in [1.807, 2.05) is 0 Å². The first kappa shape index (κ1) is 11.4. The molecule has 0 aromatic heterocycles. The minimum Gasteiger partial charge on any atom is -0.410 e. The summed E-state index contributed by atoms with van der Waals surface area (Å²) in [5.41, 5.74) is 0.163. The number of Topliss-reactive ketones (excluding diaryl/α,β-unsaturated/α-hetero) is 1. The third-order valence-corrected chi connectivity index (χ3v) is 2.64. The highest BCUT2D eigenvalue weighted by atomic mass is 32.2. The number of hydrogen-bond acceptors (Lipinski definition) is 5. The second-order valence-electron chi connectivity index (χ2n) is 2.87. The Morgan fingerprint density at radius 2 is 1.80 bits per heavy atom. The minimum atomic E-state index is -3.81. The van der Waals surface area contributed by atoms with Crippen molar-refractivity contribution in [1.82, 2.24) is 0 Å². The standard InChI is InChI=1S/C9H9NO4S/c1-15(13,14)9(10-12)8(11)7-5-3-2-4-6-7/h2-6,12H,1H3. The zero-order valence-electron chi connectivity index (χ0n) is 7.91. The van der Waals surface area contributed by atoms with Crippen LogP contribution in [0.1, 0.15) is 10.4 Å². The SMILES string of the molecule is CS(=O)(=O)C(=NO)C(=O)c1ccccc1. The fourth-order valence-corrected chi connectivity index (χ4v) is 1.60. The van der Waals surface area contributed by atoms with Crippen LogP contribution in [0.25, 0.3) is 0 Å². The van der Waals surface area contributed by atoms with E-state index in [1.54, 1.807) is 18.2 Å². The molecule has 5 nitrogen and oxygen atoms in total. The number of nitrogens with zero attached hydrogens (tertiary/aromatic N) is 1. The second-order valence-corrected chi connectivity index (χ2v) is 4.80. The van der Waals surface area contributed by atoms with Crippen molar-refractivity contribution in [2.45, 2.75) is 0 Å². The number of benzene rings is 1. The number of carbonyl (C=O) groups is 1. The molecule has 0 aliphatic carbocycles. The Morgan fingerprint density at radius 3 is 2.20 bits per heavy atom. The topological polar surface area (TPSA) is 83.8 Å². The number of hydrogen-bond donors (Lipinski definition) is 1. The number of carbonyl (C=O) groups excluding carboxylic acids is 1. The molecule has 0 spiro atoms. The summed E-state index contributed by atoms with van der Waals surface area (Å²) in [5, 5.41) is 10.1. The molecule has 0 atom stereocenters. The number of sulfone groups is 1. The van der Waals surface area contributed by atoms with Crippen LogP contribution in [0, 0.1) is 0 Å². The van der Waals surface area contributed by atoms with Crippen molar-refractivity contribution in [2.75, 3.05) is 6.26 Å². The molecule has 0 saturated heterocycles. The van der Waals surface area contributed by atoms with Gasteiger partial charge in [0, 0.05) is 11.8 Å². The molecule has 0 aliphatic heterocycles. The van der Waals surface area contributed by atoms with E-state index in [9.17, 15) is 13.2 Å². The smallest absolute Gasteiger partial charge is 0.241 e. The Morgan fingerprint density at radius 1 is 1.27 bits per heavy atom. The van der Waals surface area contributed by atoms with Gasteiger partial charge >= 0.3 is 0 Å². The van der Waals surface area contributed by atoms with Crippen molar-refractivity contribution in [3.8, 4) is 0 Å². The van der Waals surface area contributed by atoms with E-state index in [2.05, 4.69) is 5.16 Å². The van der Waals surface area contributed by atoms with E-state index < -0.39 is 20.7 Å². The largest absolute Gasteiger partial charge is 0.410 e. The molecule has 15 heavy (non-hydrogen) atoms. The van der Waals surface area contributed by atoms with Crippen LogP contribution < -0.4 is 0 Å². The summed E-state index contributed by atoms with van der Waals surface area (Å²) in [6.07, 6.45) is 0.808. The van der Waals surface area contributed by atoms with Gasteiger partial charge < -0.3 is 5.21 Å². The lowest BCUT2D eigenvalue weighted by atomic mass is 10.1. The van der Waals surface area contributed by atoms with Gasteiger partial charge in [0.2, 0.25) is 10.8 Å². The van der Waals surface area contributed by atoms with Crippen molar-refractivity contribution >= 4 is 20.7 Å². The van der Waals surface area contributed by atoms with Gasteiger partial charge in [0.1, 0.15) is 0 Å². The van der Waals surface area contributed by atoms with E-state index in [0.717, 1.165) is 6.26 Å². The third-order valence-electron chi connectivity index (χ3n) is 1.67. The van der Waals surface area contributed by atoms with Gasteiger partial charge in [0.15, 0.2) is 9.84 Å². The fraction of sp³-hybridized carbons (Fsp3) is 0.111. The van der Waals surface area contributed by atoms with Gasteiger partial charge in [-0.15, -0.1) is 0 Å². The average molecular weight is 227 g/mol. The summed E-state index contributed by atoms with van der Waals surface area (Å²) in [6.45, 7) is 0. The maximum absolute atomic E-state index is 11.6. The predicted octanol–water partition coefficient (Wildman–Crippen LogP) is 0.702. The molecule has 0 fully saturated rings. The fourth-order valence-electron chi connectivity index (χ4n) is 1.00. The lowest BCUT2D eigenvalue weighted by molar-refractivity contribution is 0.106. The molecule has 0 saturated carbocycles. The van der Waals surface area contributed by atoms with Crippen LogP contribution in [0.15, 0.2) is 35.5 Å². The molecule has 1 aromatic carbocycles. The molecule has 0 radical (unpaired) electrons. The average Bonchev–Trinajstić information content (AvgIpc) is 2.18. The van der Waals surface area contributed by atoms with Crippen LogP contribution in [0.3, 0.4) is 0 Å². The Labute approximate surface area is 87.0 Å². The predicted molar refractivity (Wildman–Crippen MR) is 54.8 cm³/mol. The summed E-state index contributed by atoms with van der Waals surface area (Å²) in [5.74, 6) is -0.819. The summed E-state index contributed by atoms with van der Waals surface area (Å²) in [6, 6.07) is 7.75. The van der Waals surface area contributed by atoms with Crippen LogP contribution in [0.2, 0.25) is 0 Å². The summed E-state index contributed by atoms with van der Waals surface area (Å²) in [4.78, 5) is 11.6. The molecule has 1 rings (SSSR count). The molecule has 1 aromatic rings. The second kappa shape index (κ2) is 4.22. The van der Waals surface area contributed by atoms with Gasteiger partial charge in [0.05, 0.1) is 0 Å². The molecule has 80 valence electrons. The van der Waals surface area contributed by atoms with E-state index in [-0.39, 0.29) is 5.56 Å². The van der Waals surface area contributed by atoms with E-state index >= 15 is 0 Å². The van der Waals surface area contributed by atoms with Crippen LogP contribution in [0.5, 0.6) is 0 Å². The molecule has 0 bridgehead atoms. The first-order valence-electron chi connectivity index (χ1n) is 3.98.